The number of aliphatic hydroxyl groups is 1. The van der Waals surface area contributed by atoms with Gasteiger partial charge in [0, 0.05) is 17.8 Å². The molecule has 1 atom stereocenters. The van der Waals surface area contributed by atoms with Crippen LogP contribution in [0.1, 0.15) is 36.2 Å². The SMILES string of the molecule is OC(c1ccc2[nH]ccc2c1)c1cncn1C1CC1. The fourth-order valence-electron chi connectivity index (χ4n) is 2.60. The Morgan fingerprint density at radius 1 is 1.32 bits per heavy atom. The van der Waals surface area contributed by atoms with Gasteiger partial charge in [-0.3, -0.25) is 0 Å². The van der Waals surface area contributed by atoms with Crippen molar-refractivity contribution in [2.75, 3.05) is 0 Å². The highest BCUT2D eigenvalue weighted by Crippen LogP contribution is 2.38. The van der Waals surface area contributed by atoms with Crippen LogP contribution < -0.4 is 0 Å². The highest BCUT2D eigenvalue weighted by Gasteiger charge is 2.27. The van der Waals surface area contributed by atoms with Crippen LogP contribution in [-0.4, -0.2) is 19.6 Å². The van der Waals surface area contributed by atoms with E-state index in [2.05, 4.69) is 14.5 Å². The van der Waals surface area contributed by atoms with E-state index in [-0.39, 0.29) is 0 Å². The number of hydrogen-bond acceptors (Lipinski definition) is 2. The summed E-state index contributed by atoms with van der Waals surface area (Å²) in [7, 11) is 0. The van der Waals surface area contributed by atoms with Crippen LogP contribution in [0, 0.1) is 0 Å². The summed E-state index contributed by atoms with van der Waals surface area (Å²) in [6.45, 7) is 0. The molecule has 0 spiro atoms. The van der Waals surface area contributed by atoms with Crippen LogP contribution >= 0.6 is 0 Å². The van der Waals surface area contributed by atoms with Gasteiger partial charge in [-0.15, -0.1) is 0 Å². The number of nitrogens with zero attached hydrogens (tertiary/aromatic N) is 2. The predicted molar refractivity (Wildman–Crippen MR) is 72.9 cm³/mol. The molecular weight excluding hydrogens is 238 g/mol. The molecule has 1 saturated carbocycles. The maximum absolute atomic E-state index is 10.6. The summed E-state index contributed by atoms with van der Waals surface area (Å²) in [6, 6.07) is 8.55. The lowest BCUT2D eigenvalue weighted by Crippen LogP contribution is -2.07. The van der Waals surface area contributed by atoms with Crippen molar-refractivity contribution in [3.05, 3.63) is 54.2 Å². The van der Waals surface area contributed by atoms with Gasteiger partial charge in [-0.2, -0.15) is 0 Å². The van der Waals surface area contributed by atoms with Gasteiger partial charge in [0.2, 0.25) is 0 Å². The van der Waals surface area contributed by atoms with E-state index >= 15 is 0 Å². The van der Waals surface area contributed by atoms with Crippen molar-refractivity contribution in [2.45, 2.75) is 25.0 Å². The van der Waals surface area contributed by atoms with E-state index in [9.17, 15) is 5.11 Å². The Bertz CT molecular complexity index is 724. The maximum Gasteiger partial charge on any atom is 0.121 e. The van der Waals surface area contributed by atoms with E-state index in [1.54, 1.807) is 6.20 Å². The van der Waals surface area contributed by atoms with Gasteiger partial charge in [0.05, 0.1) is 18.2 Å². The van der Waals surface area contributed by atoms with E-state index in [4.69, 9.17) is 0 Å². The molecule has 0 saturated heterocycles. The summed E-state index contributed by atoms with van der Waals surface area (Å²) in [5.74, 6) is 0. The minimum absolute atomic E-state index is 0.531. The van der Waals surface area contributed by atoms with Crippen LogP contribution in [0.25, 0.3) is 10.9 Å². The first-order valence-electron chi connectivity index (χ1n) is 6.60. The van der Waals surface area contributed by atoms with Gasteiger partial charge in [-0.05, 0) is 42.0 Å². The second-order valence-electron chi connectivity index (χ2n) is 5.18. The van der Waals surface area contributed by atoms with Crippen molar-refractivity contribution >= 4 is 10.9 Å². The van der Waals surface area contributed by atoms with Crippen LogP contribution in [0.15, 0.2) is 43.0 Å². The molecule has 0 aliphatic heterocycles. The molecule has 2 aromatic heterocycles. The lowest BCUT2D eigenvalue weighted by atomic mass is 10.0. The Balaban J connectivity index is 1.75. The summed E-state index contributed by atoms with van der Waals surface area (Å²) < 4.78 is 2.10. The lowest BCUT2D eigenvalue weighted by molar-refractivity contribution is 0.210. The number of rotatable bonds is 3. The largest absolute Gasteiger partial charge is 0.382 e. The van der Waals surface area contributed by atoms with Gasteiger partial charge in [-0.1, -0.05) is 6.07 Å². The Morgan fingerprint density at radius 2 is 2.21 bits per heavy atom. The van der Waals surface area contributed by atoms with Gasteiger partial charge < -0.3 is 14.7 Å². The van der Waals surface area contributed by atoms with Crippen LogP contribution in [0.4, 0.5) is 0 Å². The van der Waals surface area contributed by atoms with Crippen LogP contribution in [-0.2, 0) is 0 Å². The van der Waals surface area contributed by atoms with Crippen molar-refractivity contribution in [1.29, 1.82) is 0 Å². The van der Waals surface area contributed by atoms with Crippen molar-refractivity contribution < 1.29 is 5.11 Å². The second kappa shape index (κ2) is 3.96. The fourth-order valence-corrected chi connectivity index (χ4v) is 2.60. The zero-order chi connectivity index (χ0) is 12.8. The molecule has 1 fully saturated rings. The van der Waals surface area contributed by atoms with E-state index in [1.807, 2.05) is 36.8 Å². The number of aliphatic hydroxyl groups excluding tert-OH is 1. The third-order valence-corrected chi connectivity index (χ3v) is 3.81. The van der Waals surface area contributed by atoms with E-state index in [0.29, 0.717) is 6.04 Å². The first-order valence-corrected chi connectivity index (χ1v) is 6.60. The molecule has 4 nitrogen and oxygen atoms in total. The quantitative estimate of drug-likeness (QED) is 0.754. The molecule has 1 aromatic carbocycles. The Morgan fingerprint density at radius 3 is 3.05 bits per heavy atom. The maximum atomic E-state index is 10.6. The van der Waals surface area contributed by atoms with Crippen LogP contribution in [0.2, 0.25) is 0 Å². The Labute approximate surface area is 110 Å². The van der Waals surface area contributed by atoms with Crippen molar-refractivity contribution in [2.24, 2.45) is 0 Å². The first kappa shape index (κ1) is 10.8. The van der Waals surface area contributed by atoms with Gasteiger partial charge in [-0.25, -0.2) is 4.98 Å². The smallest absolute Gasteiger partial charge is 0.121 e. The average Bonchev–Trinajstić information content (AvgIpc) is 3.00. The number of fused-ring (bicyclic) bond motifs is 1. The number of nitrogens with one attached hydrogen (secondary N) is 1. The van der Waals surface area contributed by atoms with Gasteiger partial charge in [0.1, 0.15) is 6.10 Å². The van der Waals surface area contributed by atoms with E-state index < -0.39 is 6.10 Å². The number of imidazole rings is 1. The zero-order valence-corrected chi connectivity index (χ0v) is 10.5. The first-order chi connectivity index (χ1) is 9.33. The van der Waals surface area contributed by atoms with Crippen molar-refractivity contribution in [3.63, 3.8) is 0 Å². The highest BCUT2D eigenvalue weighted by molar-refractivity contribution is 5.80. The molecule has 0 bridgehead atoms. The molecule has 1 aliphatic rings. The molecule has 2 heterocycles. The lowest BCUT2D eigenvalue weighted by Gasteiger charge is -2.14. The molecule has 4 rings (SSSR count). The molecule has 4 heteroatoms. The summed E-state index contributed by atoms with van der Waals surface area (Å²) in [5, 5.41) is 11.7. The summed E-state index contributed by atoms with van der Waals surface area (Å²) in [4.78, 5) is 7.34. The number of hydrogen-bond donors (Lipinski definition) is 2. The summed E-state index contributed by atoms with van der Waals surface area (Å²) in [5.41, 5.74) is 2.89. The molecule has 1 aliphatic carbocycles. The third kappa shape index (κ3) is 1.76. The molecule has 2 N–H and O–H groups in total. The molecule has 96 valence electrons. The second-order valence-corrected chi connectivity index (χ2v) is 5.18. The molecule has 0 amide bonds. The number of H-pyrrole nitrogens is 1. The normalized spacial score (nSPS) is 16.9. The molecule has 1 unspecified atom stereocenters. The van der Waals surface area contributed by atoms with Gasteiger partial charge in [0.15, 0.2) is 0 Å². The minimum Gasteiger partial charge on any atom is -0.382 e. The van der Waals surface area contributed by atoms with Gasteiger partial charge >= 0.3 is 0 Å². The third-order valence-electron chi connectivity index (χ3n) is 3.81. The molecular formula is C15H15N3O. The number of benzene rings is 1. The van der Waals surface area contributed by atoms with Crippen LogP contribution in [0.3, 0.4) is 0 Å². The van der Waals surface area contributed by atoms with Gasteiger partial charge in [0.25, 0.3) is 0 Å². The number of aromatic amines is 1. The van der Waals surface area contributed by atoms with E-state index in [0.717, 1.165) is 22.2 Å². The monoisotopic (exact) mass is 253 g/mol. The van der Waals surface area contributed by atoms with E-state index in [1.165, 1.54) is 12.8 Å². The Hall–Kier alpha value is -2.07. The molecule has 19 heavy (non-hydrogen) atoms. The van der Waals surface area contributed by atoms with Crippen LogP contribution in [0.5, 0.6) is 0 Å². The average molecular weight is 253 g/mol. The molecule has 3 aromatic rings. The summed E-state index contributed by atoms with van der Waals surface area (Å²) in [6.07, 6.45) is 7.27. The fraction of sp³-hybridized carbons (Fsp3) is 0.267. The highest BCUT2D eigenvalue weighted by atomic mass is 16.3. The topological polar surface area (TPSA) is 53.8 Å². The summed E-state index contributed by atoms with van der Waals surface area (Å²) >= 11 is 0. The minimum atomic E-state index is -0.609. The van der Waals surface area contributed by atoms with Crippen molar-refractivity contribution in [3.8, 4) is 0 Å². The zero-order valence-electron chi connectivity index (χ0n) is 10.5. The van der Waals surface area contributed by atoms with Crippen molar-refractivity contribution in [1.82, 2.24) is 14.5 Å². The number of aromatic nitrogens is 3. The Kier molecular flexibility index (Phi) is 2.26. The predicted octanol–water partition coefficient (Wildman–Crippen LogP) is 2.78. The molecule has 0 radical (unpaired) electrons. The standard InChI is InChI=1S/C15H15N3O/c19-15(14-8-16-9-18(14)12-2-3-12)11-1-4-13-10(7-11)5-6-17-13/h1,4-9,12,15,17,19H,2-3H2.